The number of nitrogens with zero attached hydrogens (tertiary/aromatic N) is 1. The van der Waals surface area contributed by atoms with E-state index in [2.05, 4.69) is 10.6 Å². The maximum Gasteiger partial charge on any atom is 0.250 e. The van der Waals surface area contributed by atoms with E-state index in [9.17, 15) is 19.2 Å². The number of hydrogen-bond acceptors (Lipinski definition) is 6. The van der Waals surface area contributed by atoms with Gasteiger partial charge in [-0.1, -0.05) is 36.4 Å². The highest BCUT2D eigenvalue weighted by Crippen LogP contribution is 2.53. The molecule has 5 rings (SSSR count). The smallest absolute Gasteiger partial charge is 0.250 e. The number of hydrogen-bond donors (Lipinski definition) is 3. The molecular weight excluding hydrogens is 412 g/mol. The first-order valence-electron chi connectivity index (χ1n) is 10.3. The number of nitrogens with two attached hydrogens (primary N) is 1. The second-order valence-corrected chi connectivity index (χ2v) is 8.31. The second-order valence-electron chi connectivity index (χ2n) is 8.31. The van der Waals surface area contributed by atoms with E-state index in [1.165, 1.54) is 7.11 Å². The molecule has 0 aliphatic carbocycles. The average molecular weight is 434 g/mol. The fraction of sp³-hybridized carbons (Fsp3) is 0.304. The van der Waals surface area contributed by atoms with E-state index in [0.717, 1.165) is 4.90 Å². The summed E-state index contributed by atoms with van der Waals surface area (Å²) in [5.74, 6) is -3.25. The number of imide groups is 1. The van der Waals surface area contributed by atoms with E-state index >= 15 is 0 Å². The van der Waals surface area contributed by atoms with Gasteiger partial charge in [-0.25, -0.2) is 0 Å². The van der Waals surface area contributed by atoms with E-state index in [-0.39, 0.29) is 13.0 Å². The van der Waals surface area contributed by atoms with Crippen LogP contribution in [0.4, 0.5) is 5.69 Å². The molecule has 1 spiro atoms. The number of anilines is 1. The van der Waals surface area contributed by atoms with Gasteiger partial charge >= 0.3 is 0 Å². The average Bonchev–Trinajstić information content (AvgIpc) is 3.34. The number of ether oxygens (including phenoxy) is 1. The highest BCUT2D eigenvalue weighted by Gasteiger charge is 2.70. The van der Waals surface area contributed by atoms with E-state index in [1.54, 1.807) is 48.5 Å². The van der Waals surface area contributed by atoms with E-state index in [0.29, 0.717) is 22.6 Å². The Hall–Kier alpha value is -3.72. The zero-order chi connectivity index (χ0) is 22.6. The number of para-hydroxylation sites is 2. The second kappa shape index (κ2) is 7.16. The Morgan fingerprint density at radius 3 is 2.56 bits per heavy atom. The van der Waals surface area contributed by atoms with Crippen molar-refractivity contribution < 1.29 is 23.9 Å². The number of nitrogens with one attached hydrogen (secondary N) is 2. The Labute approximate surface area is 183 Å². The van der Waals surface area contributed by atoms with Gasteiger partial charge in [0.1, 0.15) is 11.3 Å². The molecular formula is C23H22N4O5. The molecule has 4 N–H and O–H groups in total. The number of primary amides is 1. The molecule has 0 unspecified atom stereocenters. The SMILES string of the molecule is COc1ccccc1CN1C(=O)[C@H]2[C@@H](C1=O)[C@@]1(N[C@@H]2CC(N)=O)C(=O)Nc2ccccc21. The van der Waals surface area contributed by atoms with E-state index in [4.69, 9.17) is 10.5 Å². The van der Waals surface area contributed by atoms with Crippen LogP contribution in [0.3, 0.4) is 0 Å². The maximum absolute atomic E-state index is 13.7. The topological polar surface area (TPSA) is 131 Å². The van der Waals surface area contributed by atoms with Crippen molar-refractivity contribution in [3.63, 3.8) is 0 Å². The summed E-state index contributed by atoms with van der Waals surface area (Å²) >= 11 is 0. The maximum atomic E-state index is 13.7. The predicted octanol–water partition coefficient (Wildman–Crippen LogP) is 0.491. The number of carbonyl (C=O) groups excluding carboxylic acids is 4. The Bertz CT molecular complexity index is 1160. The summed E-state index contributed by atoms with van der Waals surface area (Å²) in [5.41, 5.74) is 5.83. The van der Waals surface area contributed by atoms with Gasteiger partial charge in [-0.2, -0.15) is 0 Å². The third-order valence-corrected chi connectivity index (χ3v) is 6.66. The first-order chi connectivity index (χ1) is 15.4. The summed E-state index contributed by atoms with van der Waals surface area (Å²) in [6.45, 7) is 0.0112. The standard InChI is InChI=1S/C23H22N4O5/c1-32-16-9-5-2-6-12(16)11-27-20(29)18-15(10-17(24)28)26-23(19(18)21(27)30)13-7-3-4-8-14(13)25-22(23)31/h2-9,15,18-19,26H,10-11H2,1H3,(H2,24,28)(H,25,31)/t15-,18-,19+,23-/m1/s1. The van der Waals surface area contributed by atoms with Crippen LogP contribution in [0, 0.1) is 11.8 Å². The van der Waals surface area contributed by atoms with Crippen LogP contribution in [0.2, 0.25) is 0 Å². The van der Waals surface area contributed by atoms with Crippen molar-refractivity contribution in [1.82, 2.24) is 10.2 Å². The number of methoxy groups -OCH3 is 1. The Balaban J connectivity index is 1.60. The number of fused-ring (bicyclic) bond motifs is 4. The van der Waals surface area contributed by atoms with Gasteiger partial charge in [-0.15, -0.1) is 0 Å². The molecule has 9 heteroatoms. The number of amides is 4. The molecule has 0 bridgehead atoms. The quantitative estimate of drug-likeness (QED) is 0.587. The Kier molecular flexibility index (Phi) is 4.52. The monoisotopic (exact) mass is 434 g/mol. The van der Waals surface area contributed by atoms with Crippen molar-refractivity contribution in [2.45, 2.75) is 24.5 Å². The molecule has 0 saturated carbocycles. The molecule has 4 atom stereocenters. The van der Waals surface area contributed by atoms with E-state index in [1.807, 2.05) is 0 Å². The lowest BCUT2D eigenvalue weighted by atomic mass is 9.76. The Morgan fingerprint density at radius 1 is 1.09 bits per heavy atom. The van der Waals surface area contributed by atoms with Crippen LogP contribution in [0.5, 0.6) is 5.75 Å². The lowest BCUT2D eigenvalue weighted by Gasteiger charge is -2.29. The minimum Gasteiger partial charge on any atom is -0.496 e. The molecule has 164 valence electrons. The van der Waals surface area contributed by atoms with Crippen molar-refractivity contribution in [2.24, 2.45) is 17.6 Å². The van der Waals surface area contributed by atoms with E-state index < -0.39 is 47.0 Å². The molecule has 2 fully saturated rings. The van der Waals surface area contributed by atoms with Crippen molar-refractivity contribution in [1.29, 1.82) is 0 Å². The summed E-state index contributed by atoms with van der Waals surface area (Å²) in [6.07, 6.45) is -0.167. The van der Waals surface area contributed by atoms with Crippen molar-refractivity contribution in [2.75, 3.05) is 12.4 Å². The molecule has 0 aromatic heterocycles. The molecule has 2 saturated heterocycles. The van der Waals surface area contributed by atoms with Gasteiger partial charge in [0.05, 0.1) is 25.5 Å². The number of likely N-dealkylation sites (tertiary alicyclic amines) is 1. The number of carbonyl (C=O) groups is 4. The van der Waals surface area contributed by atoms with Crippen LogP contribution >= 0.6 is 0 Å². The normalized spacial score (nSPS) is 28.1. The van der Waals surface area contributed by atoms with Crippen LogP contribution in [0.15, 0.2) is 48.5 Å². The highest BCUT2D eigenvalue weighted by molar-refractivity contribution is 6.15. The van der Waals surface area contributed by atoms with Crippen molar-refractivity contribution >= 4 is 29.3 Å². The predicted molar refractivity (Wildman–Crippen MR) is 113 cm³/mol. The lowest BCUT2D eigenvalue weighted by molar-refractivity contribution is -0.143. The zero-order valence-electron chi connectivity index (χ0n) is 17.3. The van der Waals surface area contributed by atoms with Gasteiger partial charge in [0.15, 0.2) is 0 Å². The van der Waals surface area contributed by atoms with Gasteiger partial charge in [0, 0.05) is 29.3 Å². The number of rotatable bonds is 5. The molecule has 32 heavy (non-hydrogen) atoms. The van der Waals surface area contributed by atoms with Crippen molar-refractivity contribution in [3.8, 4) is 5.75 Å². The summed E-state index contributed by atoms with van der Waals surface area (Å²) in [5, 5.41) is 5.98. The van der Waals surface area contributed by atoms with Crippen LogP contribution in [0.1, 0.15) is 17.5 Å². The number of benzene rings is 2. The zero-order valence-corrected chi connectivity index (χ0v) is 17.3. The summed E-state index contributed by atoms with van der Waals surface area (Å²) in [6, 6.07) is 13.4. The highest BCUT2D eigenvalue weighted by atomic mass is 16.5. The fourth-order valence-electron chi connectivity index (χ4n) is 5.37. The Morgan fingerprint density at radius 2 is 1.81 bits per heavy atom. The molecule has 3 aliphatic heterocycles. The minimum atomic E-state index is -1.44. The van der Waals surface area contributed by atoms with Gasteiger partial charge < -0.3 is 15.8 Å². The third kappa shape index (κ3) is 2.67. The molecule has 0 radical (unpaired) electrons. The van der Waals surface area contributed by atoms with Gasteiger partial charge in [-0.3, -0.25) is 29.4 Å². The molecule has 4 amide bonds. The first kappa shape index (κ1) is 20.2. The molecule has 3 heterocycles. The van der Waals surface area contributed by atoms with Crippen LogP contribution < -0.4 is 21.1 Å². The first-order valence-corrected chi connectivity index (χ1v) is 10.3. The summed E-state index contributed by atoms with van der Waals surface area (Å²) < 4.78 is 5.36. The van der Waals surface area contributed by atoms with Crippen LogP contribution in [-0.2, 0) is 31.3 Å². The molecule has 2 aromatic carbocycles. The van der Waals surface area contributed by atoms with Crippen LogP contribution in [0.25, 0.3) is 0 Å². The lowest BCUT2D eigenvalue weighted by Crippen LogP contribution is -2.53. The minimum absolute atomic E-state index is 0.0112. The largest absolute Gasteiger partial charge is 0.496 e. The van der Waals surface area contributed by atoms with Gasteiger partial charge in [0.25, 0.3) is 0 Å². The van der Waals surface area contributed by atoms with Crippen molar-refractivity contribution in [3.05, 3.63) is 59.7 Å². The summed E-state index contributed by atoms with van der Waals surface area (Å²) in [4.78, 5) is 53.4. The van der Waals surface area contributed by atoms with Gasteiger partial charge in [0.2, 0.25) is 23.6 Å². The molecule has 2 aromatic rings. The van der Waals surface area contributed by atoms with Gasteiger partial charge in [-0.05, 0) is 12.1 Å². The fourth-order valence-corrected chi connectivity index (χ4v) is 5.37. The molecule has 3 aliphatic rings. The summed E-state index contributed by atoms with van der Waals surface area (Å²) in [7, 11) is 1.52. The third-order valence-electron chi connectivity index (χ3n) is 6.66. The molecule has 9 nitrogen and oxygen atoms in total. The van der Waals surface area contributed by atoms with Crippen LogP contribution in [-0.4, -0.2) is 41.7 Å².